The first-order valence-corrected chi connectivity index (χ1v) is 4.36. The Bertz CT molecular complexity index is 144. The molecular formula is C8H16N2O2. The lowest BCUT2D eigenvalue weighted by Crippen LogP contribution is -2.36. The van der Waals surface area contributed by atoms with E-state index in [1.165, 1.54) is 0 Å². The lowest BCUT2D eigenvalue weighted by atomic mass is 9.96. The van der Waals surface area contributed by atoms with Gasteiger partial charge < -0.3 is 4.74 Å². The molecule has 0 saturated carbocycles. The van der Waals surface area contributed by atoms with Crippen LogP contribution in [0.2, 0.25) is 0 Å². The average Bonchev–Trinajstić information content (AvgIpc) is 2.06. The van der Waals surface area contributed by atoms with Gasteiger partial charge in [-0.1, -0.05) is 0 Å². The maximum absolute atomic E-state index is 11.1. The van der Waals surface area contributed by atoms with Crippen LogP contribution in [0, 0.1) is 5.92 Å². The second kappa shape index (κ2) is 5.11. The summed E-state index contributed by atoms with van der Waals surface area (Å²) in [6.45, 7) is 1.61. The van der Waals surface area contributed by atoms with E-state index in [4.69, 9.17) is 4.74 Å². The number of hydrogen-bond donors (Lipinski definition) is 2. The summed E-state index contributed by atoms with van der Waals surface area (Å²) in [4.78, 5) is 11.1. The molecule has 0 radical (unpaired) electrons. The molecule has 70 valence electrons. The predicted molar refractivity (Wildman–Crippen MR) is 45.4 cm³/mol. The standard InChI is InChI=1S/C8H16N2O2/c1-9-10-8(11)6-7-2-4-12-5-3-7/h7,9H,2-6H2,1H3,(H,10,11). The van der Waals surface area contributed by atoms with E-state index in [1.807, 2.05) is 0 Å². The number of carbonyl (C=O) groups excluding carboxylic acids is 1. The predicted octanol–water partition coefficient (Wildman–Crippen LogP) is 0.0537. The van der Waals surface area contributed by atoms with Crippen molar-refractivity contribution in [1.29, 1.82) is 0 Å². The van der Waals surface area contributed by atoms with E-state index in [0.29, 0.717) is 12.3 Å². The lowest BCUT2D eigenvalue weighted by Gasteiger charge is -2.21. The smallest absolute Gasteiger partial charge is 0.234 e. The highest BCUT2D eigenvalue weighted by atomic mass is 16.5. The minimum absolute atomic E-state index is 0.0735. The summed E-state index contributed by atoms with van der Waals surface area (Å²) >= 11 is 0. The number of nitrogens with one attached hydrogen (secondary N) is 2. The quantitative estimate of drug-likeness (QED) is 0.592. The van der Waals surface area contributed by atoms with Crippen molar-refractivity contribution >= 4 is 5.91 Å². The summed E-state index contributed by atoms with van der Waals surface area (Å²) in [7, 11) is 1.70. The molecule has 0 aromatic heterocycles. The molecule has 1 fully saturated rings. The number of hydrogen-bond acceptors (Lipinski definition) is 3. The molecule has 12 heavy (non-hydrogen) atoms. The fraction of sp³-hybridized carbons (Fsp3) is 0.875. The van der Waals surface area contributed by atoms with Crippen molar-refractivity contribution in [3.63, 3.8) is 0 Å². The van der Waals surface area contributed by atoms with Crippen LogP contribution in [0.5, 0.6) is 0 Å². The van der Waals surface area contributed by atoms with Crippen LogP contribution in [0.1, 0.15) is 19.3 Å². The lowest BCUT2D eigenvalue weighted by molar-refractivity contribution is -0.123. The molecule has 0 bridgehead atoms. The van der Waals surface area contributed by atoms with Crippen LogP contribution in [-0.4, -0.2) is 26.2 Å². The van der Waals surface area contributed by atoms with Gasteiger partial charge >= 0.3 is 0 Å². The van der Waals surface area contributed by atoms with E-state index in [0.717, 1.165) is 26.1 Å². The summed E-state index contributed by atoms with van der Waals surface area (Å²) in [5.74, 6) is 0.580. The van der Waals surface area contributed by atoms with Gasteiger partial charge in [-0.15, -0.1) is 0 Å². The van der Waals surface area contributed by atoms with Crippen LogP contribution in [0.3, 0.4) is 0 Å². The van der Waals surface area contributed by atoms with E-state index in [9.17, 15) is 4.79 Å². The Morgan fingerprint density at radius 1 is 1.50 bits per heavy atom. The summed E-state index contributed by atoms with van der Waals surface area (Å²) in [5, 5.41) is 0. The Balaban J connectivity index is 2.15. The van der Waals surface area contributed by atoms with Crippen molar-refractivity contribution in [2.45, 2.75) is 19.3 Å². The Labute approximate surface area is 72.6 Å². The summed E-state index contributed by atoms with van der Waals surface area (Å²) < 4.78 is 5.19. The van der Waals surface area contributed by atoms with Crippen LogP contribution in [0.4, 0.5) is 0 Å². The molecular weight excluding hydrogens is 156 g/mol. The maximum atomic E-state index is 11.1. The highest BCUT2D eigenvalue weighted by Crippen LogP contribution is 2.17. The zero-order valence-corrected chi connectivity index (χ0v) is 7.43. The van der Waals surface area contributed by atoms with Crippen molar-refractivity contribution < 1.29 is 9.53 Å². The number of rotatable bonds is 3. The zero-order chi connectivity index (χ0) is 8.81. The number of carbonyl (C=O) groups is 1. The van der Waals surface area contributed by atoms with Crippen molar-refractivity contribution in [1.82, 2.24) is 10.9 Å². The summed E-state index contributed by atoms with van der Waals surface area (Å²) in [6.07, 6.45) is 2.64. The van der Waals surface area contributed by atoms with Gasteiger partial charge in [0, 0.05) is 26.7 Å². The van der Waals surface area contributed by atoms with Crippen molar-refractivity contribution in [2.24, 2.45) is 5.92 Å². The Hall–Kier alpha value is -0.610. The van der Waals surface area contributed by atoms with Crippen molar-refractivity contribution in [3.05, 3.63) is 0 Å². The topological polar surface area (TPSA) is 50.4 Å². The molecule has 0 aromatic rings. The summed E-state index contributed by atoms with van der Waals surface area (Å²) in [6, 6.07) is 0. The van der Waals surface area contributed by atoms with Crippen molar-refractivity contribution in [3.8, 4) is 0 Å². The third-order valence-corrected chi connectivity index (χ3v) is 2.08. The first-order valence-electron chi connectivity index (χ1n) is 4.36. The summed E-state index contributed by atoms with van der Waals surface area (Å²) in [5.41, 5.74) is 5.19. The van der Waals surface area contributed by atoms with Crippen LogP contribution >= 0.6 is 0 Å². The molecule has 1 rings (SSSR count). The Morgan fingerprint density at radius 3 is 2.75 bits per heavy atom. The number of ether oxygens (including phenoxy) is 1. The largest absolute Gasteiger partial charge is 0.381 e. The van der Waals surface area contributed by atoms with E-state index >= 15 is 0 Å². The molecule has 1 aliphatic heterocycles. The average molecular weight is 172 g/mol. The number of hydrazine groups is 1. The Morgan fingerprint density at radius 2 is 2.17 bits per heavy atom. The van der Waals surface area contributed by atoms with Gasteiger partial charge in [0.15, 0.2) is 0 Å². The van der Waals surface area contributed by atoms with Gasteiger partial charge in [0.1, 0.15) is 0 Å². The van der Waals surface area contributed by atoms with Crippen molar-refractivity contribution in [2.75, 3.05) is 20.3 Å². The maximum Gasteiger partial charge on any atom is 0.234 e. The van der Waals surface area contributed by atoms with Gasteiger partial charge in [-0.2, -0.15) is 0 Å². The van der Waals surface area contributed by atoms with E-state index in [1.54, 1.807) is 7.05 Å². The zero-order valence-electron chi connectivity index (χ0n) is 7.43. The fourth-order valence-corrected chi connectivity index (χ4v) is 1.40. The van der Waals surface area contributed by atoms with Crippen LogP contribution in [0.15, 0.2) is 0 Å². The molecule has 0 aliphatic carbocycles. The minimum atomic E-state index is 0.0735. The van der Waals surface area contributed by atoms with E-state index in [2.05, 4.69) is 10.9 Å². The SMILES string of the molecule is CNNC(=O)CC1CCOCC1. The molecule has 4 heteroatoms. The molecule has 1 aliphatic rings. The van der Waals surface area contributed by atoms with Crippen LogP contribution in [0.25, 0.3) is 0 Å². The molecule has 1 amide bonds. The van der Waals surface area contributed by atoms with Crippen LogP contribution in [-0.2, 0) is 9.53 Å². The molecule has 1 heterocycles. The molecule has 1 saturated heterocycles. The monoisotopic (exact) mass is 172 g/mol. The third kappa shape index (κ3) is 3.19. The highest BCUT2D eigenvalue weighted by molar-refractivity contribution is 5.75. The molecule has 0 atom stereocenters. The fourth-order valence-electron chi connectivity index (χ4n) is 1.40. The first kappa shape index (κ1) is 9.48. The van der Waals surface area contributed by atoms with Gasteiger partial charge in [0.2, 0.25) is 5.91 Å². The molecule has 4 nitrogen and oxygen atoms in total. The molecule has 2 N–H and O–H groups in total. The molecule has 0 aromatic carbocycles. The minimum Gasteiger partial charge on any atom is -0.381 e. The second-order valence-corrected chi connectivity index (χ2v) is 3.06. The number of amides is 1. The first-order chi connectivity index (χ1) is 5.83. The Kier molecular flexibility index (Phi) is 4.04. The highest BCUT2D eigenvalue weighted by Gasteiger charge is 2.16. The van der Waals surface area contributed by atoms with Gasteiger partial charge in [0.25, 0.3) is 0 Å². The van der Waals surface area contributed by atoms with Gasteiger partial charge in [-0.25, -0.2) is 5.43 Å². The van der Waals surface area contributed by atoms with Gasteiger partial charge in [-0.3, -0.25) is 10.2 Å². The third-order valence-electron chi connectivity index (χ3n) is 2.08. The normalized spacial score (nSPS) is 19.1. The van der Waals surface area contributed by atoms with Gasteiger partial charge in [0.05, 0.1) is 0 Å². The van der Waals surface area contributed by atoms with E-state index < -0.39 is 0 Å². The second-order valence-electron chi connectivity index (χ2n) is 3.06. The van der Waals surface area contributed by atoms with Gasteiger partial charge in [-0.05, 0) is 18.8 Å². The van der Waals surface area contributed by atoms with Crippen LogP contribution < -0.4 is 10.9 Å². The molecule has 0 unspecified atom stereocenters. The van der Waals surface area contributed by atoms with E-state index in [-0.39, 0.29) is 5.91 Å². The molecule has 0 spiro atoms.